The Bertz CT molecular complexity index is 79.0. The molecular formula is C3H7NOPS+. The number of hydrogen-bond donors (Lipinski definition) is 1. The van der Waals surface area contributed by atoms with Gasteiger partial charge in [-0.1, -0.05) is 5.09 Å². The Morgan fingerprint density at radius 2 is 2.57 bits per heavy atom. The van der Waals surface area contributed by atoms with Crippen molar-refractivity contribution in [2.45, 2.75) is 6.42 Å². The van der Waals surface area contributed by atoms with Gasteiger partial charge in [-0.15, -0.1) is 0 Å². The lowest BCUT2D eigenvalue weighted by Gasteiger charge is -1.95. The van der Waals surface area contributed by atoms with E-state index in [9.17, 15) is 4.57 Å². The van der Waals surface area contributed by atoms with Crippen molar-refractivity contribution in [1.29, 1.82) is 0 Å². The number of nitrogens with one attached hydrogen (secondary N) is 1. The summed E-state index contributed by atoms with van der Waals surface area (Å²) in [6, 6.07) is 0. The van der Waals surface area contributed by atoms with Gasteiger partial charge in [-0.2, -0.15) is 0 Å². The Kier molecular flexibility index (Phi) is 2.10. The third kappa shape index (κ3) is 1.76. The van der Waals surface area contributed by atoms with Crippen molar-refractivity contribution in [1.82, 2.24) is 5.09 Å². The van der Waals surface area contributed by atoms with Gasteiger partial charge in [0.25, 0.3) is 0 Å². The van der Waals surface area contributed by atoms with Gasteiger partial charge in [-0.25, -0.2) is 0 Å². The van der Waals surface area contributed by atoms with Gasteiger partial charge < -0.3 is 0 Å². The average molecular weight is 136 g/mol. The van der Waals surface area contributed by atoms with Crippen LogP contribution >= 0.6 is 18.5 Å². The van der Waals surface area contributed by atoms with E-state index in [4.69, 9.17) is 0 Å². The van der Waals surface area contributed by atoms with E-state index in [1.807, 2.05) is 0 Å². The van der Waals surface area contributed by atoms with Crippen molar-refractivity contribution in [3.63, 3.8) is 0 Å². The molecule has 0 aliphatic carbocycles. The van der Waals surface area contributed by atoms with Crippen LogP contribution in [0.4, 0.5) is 0 Å². The van der Waals surface area contributed by atoms with Crippen molar-refractivity contribution in [2.75, 3.05) is 12.3 Å². The van der Waals surface area contributed by atoms with Crippen molar-refractivity contribution >= 4 is 18.5 Å². The summed E-state index contributed by atoms with van der Waals surface area (Å²) in [7, 11) is -1.07. The molecule has 0 aromatic heterocycles. The molecule has 0 spiro atoms. The molecule has 2 nitrogen and oxygen atoms in total. The first-order valence-electron chi connectivity index (χ1n) is 2.23. The van der Waals surface area contributed by atoms with Gasteiger partial charge in [0.2, 0.25) is 0 Å². The Hall–Kier alpha value is 0.410. The summed E-state index contributed by atoms with van der Waals surface area (Å²) in [5.74, 6) is 1.06. The lowest BCUT2D eigenvalue weighted by atomic mass is 10.5. The fourth-order valence-electron chi connectivity index (χ4n) is 0.436. The highest BCUT2D eigenvalue weighted by Gasteiger charge is 2.20. The van der Waals surface area contributed by atoms with Crippen molar-refractivity contribution in [3.05, 3.63) is 0 Å². The molecule has 0 aromatic carbocycles. The Balaban J connectivity index is 2.25. The minimum atomic E-state index is -1.07. The van der Waals surface area contributed by atoms with Gasteiger partial charge in [0, 0.05) is 12.3 Å². The summed E-state index contributed by atoms with van der Waals surface area (Å²) in [4.78, 5) is 0. The molecule has 0 saturated carbocycles. The second-order valence-corrected chi connectivity index (χ2v) is 4.62. The maximum absolute atomic E-state index is 10.5. The third-order valence-corrected chi connectivity index (χ3v) is 3.60. The molecule has 1 aliphatic rings. The maximum Gasteiger partial charge on any atom is 0.507 e. The van der Waals surface area contributed by atoms with Gasteiger partial charge in [-0.05, 0) is 11.0 Å². The number of rotatable bonds is 0. The minimum absolute atomic E-state index is 0.933. The fourth-order valence-corrected chi connectivity index (χ4v) is 2.74. The quantitative estimate of drug-likeness (QED) is 0.510. The van der Waals surface area contributed by atoms with E-state index in [2.05, 4.69) is 5.09 Å². The summed E-state index contributed by atoms with van der Waals surface area (Å²) >= 11 is 1.52. The van der Waals surface area contributed by atoms with Crippen LogP contribution in [0, 0.1) is 0 Å². The average Bonchev–Trinajstić information content (AvgIpc) is 1.69. The van der Waals surface area contributed by atoms with E-state index in [1.54, 1.807) is 0 Å². The molecule has 0 radical (unpaired) electrons. The molecule has 1 aliphatic heterocycles. The zero-order valence-electron chi connectivity index (χ0n) is 3.89. The first kappa shape index (κ1) is 5.54. The van der Waals surface area contributed by atoms with Crippen LogP contribution < -0.4 is 5.09 Å². The van der Waals surface area contributed by atoms with Crippen LogP contribution in [0.15, 0.2) is 0 Å². The molecule has 1 heterocycles. The van der Waals surface area contributed by atoms with Crippen molar-refractivity contribution in [3.8, 4) is 0 Å². The van der Waals surface area contributed by atoms with Crippen molar-refractivity contribution in [2.24, 2.45) is 0 Å². The summed E-state index contributed by atoms with van der Waals surface area (Å²) < 4.78 is 10.5. The van der Waals surface area contributed by atoms with Crippen LogP contribution in [-0.4, -0.2) is 12.3 Å². The molecule has 0 bridgehead atoms. The van der Waals surface area contributed by atoms with Gasteiger partial charge in [0.05, 0.1) is 0 Å². The van der Waals surface area contributed by atoms with Gasteiger partial charge in [0.1, 0.15) is 11.4 Å². The normalized spacial score (nSPS) is 27.7. The van der Waals surface area contributed by atoms with Crippen LogP contribution in [0.5, 0.6) is 0 Å². The Labute approximate surface area is 47.6 Å². The molecule has 40 valence electrons. The Morgan fingerprint density at radius 1 is 1.71 bits per heavy atom. The molecule has 1 atom stereocenters. The van der Waals surface area contributed by atoms with Crippen molar-refractivity contribution < 1.29 is 4.57 Å². The van der Waals surface area contributed by atoms with E-state index >= 15 is 0 Å². The van der Waals surface area contributed by atoms with E-state index in [0.29, 0.717) is 0 Å². The van der Waals surface area contributed by atoms with Crippen LogP contribution in [0.2, 0.25) is 0 Å². The first-order chi connectivity index (χ1) is 3.39. The molecule has 0 amide bonds. The standard InChI is InChI=1S/C3H7NOPS/c5-6-4-2-1-3-7-6/h1-3H2,(H,4,5)/q+1. The predicted molar refractivity (Wildman–Crippen MR) is 32.7 cm³/mol. The molecule has 7 heavy (non-hydrogen) atoms. The predicted octanol–water partition coefficient (Wildman–Crippen LogP) is 1.37. The van der Waals surface area contributed by atoms with E-state index in [-0.39, 0.29) is 0 Å². The minimum Gasteiger partial charge on any atom is -0.0981 e. The van der Waals surface area contributed by atoms with Crippen LogP contribution in [-0.2, 0) is 4.57 Å². The molecule has 1 saturated heterocycles. The number of hydrogen-bond acceptors (Lipinski definition) is 2. The molecule has 0 aromatic rings. The highest BCUT2D eigenvalue weighted by atomic mass is 32.7. The SMILES string of the molecule is O=[P+]1NCCCS1. The van der Waals surface area contributed by atoms with Gasteiger partial charge >= 0.3 is 7.15 Å². The molecule has 1 N–H and O–H groups in total. The van der Waals surface area contributed by atoms with Gasteiger partial charge in [0.15, 0.2) is 0 Å². The highest BCUT2D eigenvalue weighted by Crippen LogP contribution is 2.36. The second kappa shape index (κ2) is 2.65. The third-order valence-electron chi connectivity index (χ3n) is 0.771. The summed E-state index contributed by atoms with van der Waals surface area (Å²) in [5, 5.41) is 2.85. The second-order valence-electron chi connectivity index (χ2n) is 1.35. The monoisotopic (exact) mass is 136 g/mol. The van der Waals surface area contributed by atoms with E-state index < -0.39 is 7.15 Å². The Morgan fingerprint density at radius 3 is 2.86 bits per heavy atom. The first-order valence-corrected chi connectivity index (χ1v) is 5.08. The van der Waals surface area contributed by atoms with Crippen LogP contribution in [0.25, 0.3) is 0 Å². The maximum atomic E-state index is 10.5. The lowest BCUT2D eigenvalue weighted by Crippen LogP contribution is -2.09. The van der Waals surface area contributed by atoms with E-state index in [0.717, 1.165) is 18.7 Å². The largest absolute Gasteiger partial charge is 0.507 e. The molecular weight excluding hydrogens is 129 g/mol. The molecule has 1 fully saturated rings. The summed E-state index contributed by atoms with van der Waals surface area (Å²) in [5.41, 5.74) is 0. The fraction of sp³-hybridized carbons (Fsp3) is 1.00. The summed E-state index contributed by atoms with van der Waals surface area (Å²) in [6.07, 6.45) is 1.16. The summed E-state index contributed by atoms with van der Waals surface area (Å²) in [6.45, 7) is 0.933. The highest BCUT2D eigenvalue weighted by molar-refractivity contribution is 8.51. The smallest absolute Gasteiger partial charge is 0.0981 e. The zero-order chi connectivity index (χ0) is 5.11. The van der Waals surface area contributed by atoms with E-state index in [1.165, 1.54) is 11.4 Å². The molecule has 4 heteroatoms. The zero-order valence-corrected chi connectivity index (χ0v) is 5.60. The lowest BCUT2D eigenvalue weighted by molar-refractivity contribution is 0.587. The topological polar surface area (TPSA) is 29.1 Å². The van der Waals surface area contributed by atoms with Gasteiger partial charge in [-0.3, -0.25) is 0 Å². The molecule has 1 rings (SSSR count). The van der Waals surface area contributed by atoms with Crippen LogP contribution in [0.1, 0.15) is 6.42 Å². The molecule has 1 unspecified atom stereocenters. The van der Waals surface area contributed by atoms with Crippen LogP contribution in [0.3, 0.4) is 0 Å².